The van der Waals surface area contributed by atoms with Crippen molar-refractivity contribution in [2.24, 2.45) is 17.3 Å². The van der Waals surface area contributed by atoms with Crippen molar-refractivity contribution in [2.45, 2.75) is 91.6 Å². The summed E-state index contributed by atoms with van der Waals surface area (Å²) in [5.74, 6) is 0.821. The Morgan fingerprint density at radius 2 is 1.81 bits per heavy atom. The van der Waals surface area contributed by atoms with Crippen molar-refractivity contribution < 1.29 is 4.74 Å². The summed E-state index contributed by atoms with van der Waals surface area (Å²) in [5.41, 5.74) is 0.378. The maximum atomic E-state index is 9.35. The summed E-state index contributed by atoms with van der Waals surface area (Å²) < 4.78 is 6.11. The van der Waals surface area contributed by atoms with E-state index < -0.39 is 0 Å². The Labute approximate surface area is 132 Å². The molecule has 1 aliphatic rings. The van der Waals surface area contributed by atoms with Crippen molar-refractivity contribution in [2.75, 3.05) is 6.61 Å². The summed E-state index contributed by atoms with van der Waals surface area (Å²) in [5, 5.41) is 9.35. The molecule has 2 nitrogen and oxygen atoms in total. The fraction of sp³-hybridized carbons (Fsp3) is 0.947. The van der Waals surface area contributed by atoms with Crippen molar-refractivity contribution >= 4 is 0 Å². The van der Waals surface area contributed by atoms with Gasteiger partial charge in [-0.2, -0.15) is 5.26 Å². The number of hydrogen-bond donors (Lipinski definition) is 0. The Kier molecular flexibility index (Phi) is 8.34. The summed E-state index contributed by atoms with van der Waals surface area (Å²) >= 11 is 0. The second-order valence-electron chi connectivity index (χ2n) is 7.41. The number of nitriles is 1. The smallest absolute Gasteiger partial charge is 0.0736 e. The standard InChI is InChI=1S/C19H35NO/c1-5-7-8-9-10-13-21-18-14-17(19(3,4)6-2)12-11-16(18)15-20/h16-18H,5-14H2,1-4H3. The van der Waals surface area contributed by atoms with Gasteiger partial charge in [-0.15, -0.1) is 0 Å². The summed E-state index contributed by atoms with van der Waals surface area (Å²) in [6.45, 7) is 10.1. The van der Waals surface area contributed by atoms with Gasteiger partial charge in [0.15, 0.2) is 0 Å². The van der Waals surface area contributed by atoms with Crippen LogP contribution in [0.25, 0.3) is 0 Å². The highest BCUT2D eigenvalue weighted by atomic mass is 16.5. The first-order chi connectivity index (χ1) is 10.0. The van der Waals surface area contributed by atoms with Crippen LogP contribution in [0.1, 0.15) is 85.5 Å². The molecule has 122 valence electrons. The first-order valence-electron chi connectivity index (χ1n) is 9.06. The minimum Gasteiger partial charge on any atom is -0.377 e. The maximum absolute atomic E-state index is 9.35. The molecule has 0 saturated heterocycles. The average molecular weight is 293 g/mol. The van der Waals surface area contributed by atoms with Gasteiger partial charge in [0.05, 0.1) is 18.1 Å². The number of hydrogen-bond acceptors (Lipinski definition) is 2. The van der Waals surface area contributed by atoms with Gasteiger partial charge < -0.3 is 4.74 Å². The monoisotopic (exact) mass is 293 g/mol. The molecule has 3 atom stereocenters. The Balaban J connectivity index is 2.39. The Morgan fingerprint density at radius 1 is 1.10 bits per heavy atom. The van der Waals surface area contributed by atoms with Crippen LogP contribution in [0.15, 0.2) is 0 Å². The highest BCUT2D eigenvalue weighted by Gasteiger charge is 2.37. The van der Waals surface area contributed by atoms with Crippen molar-refractivity contribution in [1.82, 2.24) is 0 Å². The van der Waals surface area contributed by atoms with Gasteiger partial charge in [-0.25, -0.2) is 0 Å². The molecule has 0 spiro atoms. The second kappa shape index (κ2) is 9.46. The number of unbranched alkanes of at least 4 members (excludes halogenated alkanes) is 4. The van der Waals surface area contributed by atoms with E-state index >= 15 is 0 Å². The van der Waals surface area contributed by atoms with E-state index in [-0.39, 0.29) is 12.0 Å². The van der Waals surface area contributed by atoms with Gasteiger partial charge >= 0.3 is 0 Å². The molecule has 0 radical (unpaired) electrons. The van der Waals surface area contributed by atoms with Gasteiger partial charge in [0.1, 0.15) is 0 Å². The van der Waals surface area contributed by atoms with Gasteiger partial charge in [0.2, 0.25) is 0 Å². The van der Waals surface area contributed by atoms with E-state index in [1.165, 1.54) is 38.5 Å². The highest BCUT2D eigenvalue weighted by Crippen LogP contribution is 2.42. The minimum absolute atomic E-state index is 0.115. The summed E-state index contributed by atoms with van der Waals surface area (Å²) in [6, 6.07) is 2.48. The highest BCUT2D eigenvalue weighted by molar-refractivity contribution is 4.96. The molecule has 0 aromatic heterocycles. The second-order valence-corrected chi connectivity index (χ2v) is 7.41. The summed E-state index contributed by atoms with van der Waals surface area (Å²) in [6.07, 6.45) is 11.0. The van der Waals surface area contributed by atoms with E-state index in [4.69, 9.17) is 4.74 Å². The third-order valence-corrected chi connectivity index (χ3v) is 5.55. The van der Waals surface area contributed by atoms with Crippen LogP contribution in [0.2, 0.25) is 0 Å². The van der Waals surface area contributed by atoms with Gasteiger partial charge in [-0.05, 0) is 37.0 Å². The molecule has 1 fully saturated rings. The van der Waals surface area contributed by atoms with E-state index in [1.54, 1.807) is 0 Å². The van der Waals surface area contributed by atoms with Crippen LogP contribution in [-0.4, -0.2) is 12.7 Å². The molecule has 0 aromatic rings. The van der Waals surface area contributed by atoms with E-state index in [0.717, 1.165) is 25.9 Å². The minimum atomic E-state index is 0.115. The third-order valence-electron chi connectivity index (χ3n) is 5.55. The molecule has 1 saturated carbocycles. The Morgan fingerprint density at radius 3 is 2.43 bits per heavy atom. The topological polar surface area (TPSA) is 33.0 Å². The van der Waals surface area contributed by atoms with E-state index in [0.29, 0.717) is 11.3 Å². The van der Waals surface area contributed by atoms with Crippen LogP contribution in [0.4, 0.5) is 0 Å². The fourth-order valence-corrected chi connectivity index (χ4v) is 3.40. The molecule has 3 unspecified atom stereocenters. The first kappa shape index (κ1) is 18.5. The molecular weight excluding hydrogens is 258 g/mol. The van der Waals surface area contributed by atoms with Crippen molar-refractivity contribution in [3.63, 3.8) is 0 Å². The van der Waals surface area contributed by atoms with Gasteiger partial charge in [-0.1, -0.05) is 59.8 Å². The van der Waals surface area contributed by atoms with Gasteiger partial charge in [-0.3, -0.25) is 0 Å². The zero-order valence-electron chi connectivity index (χ0n) is 14.7. The summed E-state index contributed by atoms with van der Waals surface area (Å²) in [4.78, 5) is 0. The predicted octanol–water partition coefficient (Wildman–Crippen LogP) is 5.72. The molecule has 0 heterocycles. The van der Waals surface area contributed by atoms with E-state index in [9.17, 15) is 5.26 Å². The van der Waals surface area contributed by atoms with Crippen molar-refractivity contribution in [3.8, 4) is 6.07 Å². The zero-order chi connectivity index (χ0) is 15.7. The summed E-state index contributed by atoms with van der Waals surface area (Å²) in [7, 11) is 0. The largest absolute Gasteiger partial charge is 0.377 e. The van der Waals surface area contributed by atoms with Crippen LogP contribution >= 0.6 is 0 Å². The molecule has 0 aromatic carbocycles. The van der Waals surface area contributed by atoms with Crippen LogP contribution in [-0.2, 0) is 4.74 Å². The Hall–Kier alpha value is -0.550. The SMILES string of the molecule is CCCCCCCOC1CC(C(C)(C)CC)CCC1C#N. The van der Waals surface area contributed by atoms with Crippen LogP contribution in [0.3, 0.4) is 0 Å². The number of ether oxygens (including phenoxy) is 1. The average Bonchev–Trinajstić information content (AvgIpc) is 2.50. The Bertz CT molecular complexity index is 318. The van der Waals surface area contributed by atoms with Crippen LogP contribution < -0.4 is 0 Å². The van der Waals surface area contributed by atoms with Gasteiger partial charge in [0.25, 0.3) is 0 Å². The first-order valence-corrected chi connectivity index (χ1v) is 9.06. The molecule has 2 heteroatoms. The lowest BCUT2D eigenvalue weighted by Crippen LogP contribution is -2.37. The van der Waals surface area contributed by atoms with Crippen molar-refractivity contribution in [1.29, 1.82) is 5.26 Å². The molecule has 21 heavy (non-hydrogen) atoms. The lowest BCUT2D eigenvalue weighted by atomic mass is 9.67. The lowest BCUT2D eigenvalue weighted by molar-refractivity contribution is -0.0324. The molecule has 0 N–H and O–H groups in total. The zero-order valence-corrected chi connectivity index (χ0v) is 14.7. The molecule has 0 aliphatic heterocycles. The molecule has 0 bridgehead atoms. The van der Waals surface area contributed by atoms with E-state index in [1.807, 2.05) is 0 Å². The van der Waals surface area contributed by atoms with Crippen LogP contribution in [0.5, 0.6) is 0 Å². The molecular formula is C19H35NO. The van der Waals surface area contributed by atoms with Gasteiger partial charge in [0, 0.05) is 6.61 Å². The molecule has 1 aliphatic carbocycles. The maximum Gasteiger partial charge on any atom is 0.0736 e. The lowest BCUT2D eigenvalue weighted by Gasteiger charge is -2.41. The van der Waals surface area contributed by atoms with E-state index in [2.05, 4.69) is 33.8 Å². The quantitative estimate of drug-likeness (QED) is 0.509. The molecule has 1 rings (SSSR count). The van der Waals surface area contributed by atoms with Crippen LogP contribution in [0, 0.1) is 28.6 Å². The van der Waals surface area contributed by atoms with Crippen molar-refractivity contribution in [3.05, 3.63) is 0 Å². The predicted molar refractivity (Wildman–Crippen MR) is 89.0 cm³/mol. The normalized spacial score (nSPS) is 26.5. The number of rotatable bonds is 9. The fourth-order valence-electron chi connectivity index (χ4n) is 3.40. The number of nitrogens with zero attached hydrogens (tertiary/aromatic N) is 1. The third kappa shape index (κ3) is 5.99. The molecule has 0 amide bonds.